The lowest BCUT2D eigenvalue weighted by Crippen LogP contribution is -2.43. The van der Waals surface area contributed by atoms with Crippen molar-refractivity contribution < 1.29 is 19.1 Å². The summed E-state index contributed by atoms with van der Waals surface area (Å²) in [5, 5.41) is 14.4. The summed E-state index contributed by atoms with van der Waals surface area (Å²) in [4.78, 5) is 25.6. The molecule has 136 valence electrons. The number of halogens is 1. The molecule has 0 radical (unpaired) electrons. The Bertz CT molecular complexity index is 618. The first-order valence-electron chi connectivity index (χ1n) is 8.37. The number of nitrogens with one attached hydrogen (secondary N) is 2. The van der Waals surface area contributed by atoms with Crippen molar-refractivity contribution in [1.29, 1.82) is 0 Å². The number of hydrogen-bond donors (Lipinski definition) is 3. The molecule has 0 bridgehead atoms. The van der Waals surface area contributed by atoms with Gasteiger partial charge in [0.15, 0.2) is 0 Å². The maximum absolute atomic E-state index is 12.9. The van der Waals surface area contributed by atoms with E-state index in [1.165, 1.54) is 12.1 Å². The van der Waals surface area contributed by atoms with Gasteiger partial charge < -0.3 is 15.7 Å². The van der Waals surface area contributed by atoms with E-state index in [1.807, 2.05) is 24.0 Å². The zero-order valence-electron chi connectivity index (χ0n) is 14.2. The van der Waals surface area contributed by atoms with Gasteiger partial charge in [0, 0.05) is 25.7 Å². The van der Waals surface area contributed by atoms with Gasteiger partial charge in [0.05, 0.1) is 6.04 Å². The van der Waals surface area contributed by atoms with Crippen LogP contribution >= 0.6 is 0 Å². The average Bonchev–Trinajstić information content (AvgIpc) is 2.99. The molecule has 1 aliphatic heterocycles. The molecule has 1 saturated heterocycles. The fraction of sp³-hybridized carbons (Fsp3) is 0.444. The summed E-state index contributed by atoms with van der Waals surface area (Å²) in [6.45, 7) is 2.90. The molecule has 7 heteroatoms. The van der Waals surface area contributed by atoms with E-state index in [9.17, 15) is 14.0 Å². The van der Waals surface area contributed by atoms with Gasteiger partial charge >= 0.3 is 0 Å². The summed E-state index contributed by atoms with van der Waals surface area (Å²) in [7, 11) is 0. The summed E-state index contributed by atoms with van der Waals surface area (Å²) in [5.41, 5.74) is 0.875. The van der Waals surface area contributed by atoms with Crippen LogP contribution in [0.15, 0.2) is 30.3 Å². The highest BCUT2D eigenvalue weighted by Gasteiger charge is 2.36. The van der Waals surface area contributed by atoms with Gasteiger partial charge in [-0.1, -0.05) is 24.3 Å². The van der Waals surface area contributed by atoms with Crippen molar-refractivity contribution in [2.24, 2.45) is 0 Å². The lowest BCUT2D eigenvalue weighted by molar-refractivity contribution is -0.126. The van der Waals surface area contributed by atoms with E-state index in [0.29, 0.717) is 26.1 Å². The number of likely N-dealkylation sites (tertiary alicyclic amines) is 1. The van der Waals surface area contributed by atoms with Crippen molar-refractivity contribution in [1.82, 2.24) is 15.5 Å². The molecule has 1 aliphatic rings. The summed E-state index contributed by atoms with van der Waals surface area (Å²) in [6, 6.07) is 5.65. The number of likely N-dealkylation sites (N-methyl/N-ethyl adjacent to an activating group) is 1. The van der Waals surface area contributed by atoms with Crippen LogP contribution < -0.4 is 10.6 Å². The Morgan fingerprint density at radius 1 is 1.36 bits per heavy atom. The van der Waals surface area contributed by atoms with Crippen LogP contribution in [0.4, 0.5) is 4.39 Å². The number of rotatable bonds is 7. The minimum absolute atomic E-state index is 0.0709. The van der Waals surface area contributed by atoms with Crippen LogP contribution in [0.2, 0.25) is 0 Å². The summed E-state index contributed by atoms with van der Waals surface area (Å²) in [5.74, 6) is -0.794. The Morgan fingerprint density at radius 2 is 2.08 bits per heavy atom. The van der Waals surface area contributed by atoms with E-state index in [1.54, 1.807) is 12.1 Å². The van der Waals surface area contributed by atoms with Gasteiger partial charge in [-0.15, -0.1) is 0 Å². The van der Waals surface area contributed by atoms with Crippen LogP contribution in [0, 0.1) is 5.82 Å². The molecule has 1 aromatic carbocycles. The Hall–Kier alpha value is -2.25. The maximum atomic E-state index is 12.9. The van der Waals surface area contributed by atoms with E-state index < -0.39 is 12.5 Å². The topological polar surface area (TPSA) is 81.7 Å². The van der Waals surface area contributed by atoms with Gasteiger partial charge in [-0.05, 0) is 31.0 Å². The van der Waals surface area contributed by atoms with E-state index >= 15 is 0 Å². The molecule has 0 aromatic heterocycles. The molecule has 1 aromatic rings. The molecule has 0 aliphatic carbocycles. The Morgan fingerprint density at radius 3 is 2.72 bits per heavy atom. The Balaban J connectivity index is 1.99. The highest BCUT2D eigenvalue weighted by Crippen LogP contribution is 2.18. The van der Waals surface area contributed by atoms with Gasteiger partial charge in [0.25, 0.3) is 0 Å². The fourth-order valence-electron chi connectivity index (χ4n) is 2.95. The van der Waals surface area contributed by atoms with Crippen molar-refractivity contribution in [3.05, 3.63) is 41.7 Å². The first kappa shape index (κ1) is 19.1. The molecule has 25 heavy (non-hydrogen) atoms. The molecule has 6 nitrogen and oxygen atoms in total. The summed E-state index contributed by atoms with van der Waals surface area (Å²) >= 11 is 0. The third-order valence-electron chi connectivity index (χ3n) is 4.09. The molecule has 0 spiro atoms. The molecular weight excluding hydrogens is 325 g/mol. The molecule has 0 saturated carbocycles. The number of hydrogen-bond acceptors (Lipinski definition) is 4. The molecule has 3 N–H and O–H groups in total. The third kappa shape index (κ3) is 5.65. The van der Waals surface area contributed by atoms with Gasteiger partial charge in [0.2, 0.25) is 11.8 Å². The minimum Gasteiger partial charge on any atom is -0.387 e. The second kappa shape index (κ2) is 9.29. The molecule has 1 fully saturated rings. The van der Waals surface area contributed by atoms with Gasteiger partial charge in [-0.2, -0.15) is 0 Å². The fourth-order valence-corrected chi connectivity index (χ4v) is 2.95. The highest BCUT2D eigenvalue weighted by molar-refractivity contribution is 5.82. The van der Waals surface area contributed by atoms with Crippen LogP contribution in [-0.4, -0.2) is 60.1 Å². The largest absolute Gasteiger partial charge is 0.387 e. The SMILES string of the molecule is CCNC(=O)[C@@H]1C[C@H](NC(=O)CO)CN1CC=Cc1ccc(F)cc1. The van der Waals surface area contributed by atoms with Gasteiger partial charge in [-0.25, -0.2) is 4.39 Å². The van der Waals surface area contributed by atoms with Crippen molar-refractivity contribution in [3.8, 4) is 0 Å². The number of amides is 2. The maximum Gasteiger partial charge on any atom is 0.245 e. The standard InChI is InChI=1S/C18H24FN3O3/c1-2-20-18(25)16-10-15(21-17(24)12-23)11-22(16)9-3-4-13-5-7-14(19)8-6-13/h3-8,15-16,23H,2,9-12H2,1H3,(H,20,25)(H,21,24)/t15-,16-/m0/s1. The van der Waals surface area contributed by atoms with Crippen LogP contribution in [0.5, 0.6) is 0 Å². The van der Waals surface area contributed by atoms with Crippen molar-refractivity contribution in [3.63, 3.8) is 0 Å². The number of carbonyl (C=O) groups is 2. The van der Waals surface area contributed by atoms with E-state index in [2.05, 4.69) is 10.6 Å². The normalized spacial score (nSPS) is 20.8. The molecule has 2 atom stereocenters. The third-order valence-corrected chi connectivity index (χ3v) is 4.09. The molecule has 2 rings (SSSR count). The Kier molecular flexibility index (Phi) is 7.09. The van der Waals surface area contributed by atoms with Gasteiger partial charge in [0.1, 0.15) is 12.4 Å². The van der Waals surface area contributed by atoms with Crippen LogP contribution in [-0.2, 0) is 9.59 Å². The monoisotopic (exact) mass is 349 g/mol. The van der Waals surface area contributed by atoms with Crippen molar-refractivity contribution in [2.45, 2.75) is 25.4 Å². The molecule has 2 amide bonds. The smallest absolute Gasteiger partial charge is 0.245 e. The van der Waals surface area contributed by atoms with Gasteiger partial charge in [-0.3, -0.25) is 14.5 Å². The summed E-state index contributed by atoms with van der Waals surface area (Å²) in [6.07, 6.45) is 4.28. The lowest BCUT2D eigenvalue weighted by atomic mass is 10.1. The zero-order chi connectivity index (χ0) is 18.2. The predicted molar refractivity (Wildman–Crippen MR) is 93.1 cm³/mol. The van der Waals surface area contributed by atoms with E-state index in [0.717, 1.165) is 5.56 Å². The number of carbonyl (C=O) groups excluding carboxylic acids is 2. The molecule has 0 unspecified atom stereocenters. The second-order valence-corrected chi connectivity index (χ2v) is 5.98. The zero-order valence-corrected chi connectivity index (χ0v) is 14.2. The predicted octanol–water partition coefficient (Wildman–Crippen LogP) is 0.526. The number of nitrogens with zero attached hydrogens (tertiary/aromatic N) is 1. The molecule has 1 heterocycles. The quantitative estimate of drug-likeness (QED) is 0.671. The van der Waals surface area contributed by atoms with Crippen LogP contribution in [0.3, 0.4) is 0 Å². The number of aliphatic hydroxyl groups excluding tert-OH is 1. The highest BCUT2D eigenvalue weighted by atomic mass is 19.1. The minimum atomic E-state index is -0.563. The average molecular weight is 349 g/mol. The van der Waals surface area contributed by atoms with Crippen molar-refractivity contribution >= 4 is 17.9 Å². The number of aliphatic hydroxyl groups is 1. The van der Waals surface area contributed by atoms with Crippen molar-refractivity contribution in [2.75, 3.05) is 26.2 Å². The number of benzene rings is 1. The first-order chi connectivity index (χ1) is 12.0. The summed E-state index contributed by atoms with van der Waals surface area (Å²) < 4.78 is 12.9. The van der Waals surface area contributed by atoms with E-state index in [-0.39, 0.29) is 23.8 Å². The second-order valence-electron chi connectivity index (χ2n) is 5.98. The Labute approximate surface area is 146 Å². The lowest BCUT2D eigenvalue weighted by Gasteiger charge is -2.21. The van der Waals surface area contributed by atoms with E-state index in [4.69, 9.17) is 5.11 Å². The van der Waals surface area contributed by atoms with Crippen LogP contribution in [0.25, 0.3) is 6.08 Å². The van der Waals surface area contributed by atoms with Crippen LogP contribution in [0.1, 0.15) is 18.9 Å². The molecular formula is C18H24FN3O3. The first-order valence-corrected chi connectivity index (χ1v) is 8.37.